The summed E-state index contributed by atoms with van der Waals surface area (Å²) >= 11 is 0. The minimum atomic E-state index is -0.188. The van der Waals surface area contributed by atoms with Gasteiger partial charge in [0.25, 0.3) is 0 Å². The molecule has 1 aliphatic rings. The molecule has 0 N–H and O–H groups in total. The Kier molecular flexibility index (Phi) is 3.03. The highest BCUT2D eigenvalue weighted by molar-refractivity contribution is 5.37. The van der Waals surface area contributed by atoms with Gasteiger partial charge >= 0.3 is 0 Å². The van der Waals surface area contributed by atoms with E-state index in [-0.39, 0.29) is 17.2 Å². The molecule has 0 aromatic carbocycles. The van der Waals surface area contributed by atoms with Gasteiger partial charge in [-0.3, -0.25) is 0 Å². The minimum absolute atomic E-state index is 0.0237. The van der Waals surface area contributed by atoms with E-state index in [1.807, 2.05) is 33.8 Å². The summed E-state index contributed by atoms with van der Waals surface area (Å²) in [4.78, 5) is 0. The summed E-state index contributed by atoms with van der Waals surface area (Å²) in [5.41, 5.74) is 0.532. The number of halogens is 1. The van der Waals surface area contributed by atoms with E-state index in [0.29, 0.717) is 12.2 Å². The number of methoxy groups -OCH3 is 1. The molecule has 80 valence electrons. The fourth-order valence-corrected chi connectivity index (χ4v) is 1.87. The van der Waals surface area contributed by atoms with Crippen molar-refractivity contribution in [3.8, 4) is 0 Å². The van der Waals surface area contributed by atoms with Gasteiger partial charge in [-0.05, 0) is 17.4 Å². The van der Waals surface area contributed by atoms with Gasteiger partial charge in [-0.2, -0.15) is 0 Å². The summed E-state index contributed by atoms with van der Waals surface area (Å²) in [6, 6.07) is 0. The third kappa shape index (κ3) is 2.17. The SMILES string of the molecule is COC1=CC(C)CC(F)=C1C(C)(C)C. The van der Waals surface area contributed by atoms with E-state index >= 15 is 0 Å². The molecule has 0 saturated heterocycles. The molecule has 0 bridgehead atoms. The number of rotatable bonds is 1. The third-order valence-corrected chi connectivity index (χ3v) is 2.42. The van der Waals surface area contributed by atoms with E-state index in [4.69, 9.17) is 4.74 Å². The van der Waals surface area contributed by atoms with Crippen molar-refractivity contribution in [1.82, 2.24) is 0 Å². The second-order valence-electron chi connectivity index (χ2n) is 4.95. The fourth-order valence-electron chi connectivity index (χ4n) is 1.87. The molecule has 14 heavy (non-hydrogen) atoms. The first-order chi connectivity index (χ1) is 6.36. The van der Waals surface area contributed by atoms with Crippen molar-refractivity contribution in [1.29, 1.82) is 0 Å². The van der Waals surface area contributed by atoms with Crippen LogP contribution in [0, 0.1) is 11.3 Å². The Hall–Kier alpha value is -0.790. The topological polar surface area (TPSA) is 9.23 Å². The zero-order valence-electron chi connectivity index (χ0n) is 9.65. The van der Waals surface area contributed by atoms with Gasteiger partial charge in [-0.1, -0.05) is 27.7 Å². The zero-order valence-corrected chi connectivity index (χ0v) is 9.65. The first kappa shape index (κ1) is 11.3. The molecule has 0 saturated carbocycles. The van der Waals surface area contributed by atoms with Crippen molar-refractivity contribution in [3.63, 3.8) is 0 Å². The summed E-state index contributed by atoms with van der Waals surface area (Å²) in [5, 5.41) is 0. The Morgan fingerprint density at radius 3 is 2.43 bits per heavy atom. The van der Waals surface area contributed by atoms with Crippen LogP contribution in [0.1, 0.15) is 34.1 Å². The van der Waals surface area contributed by atoms with E-state index in [1.54, 1.807) is 7.11 Å². The van der Waals surface area contributed by atoms with Crippen molar-refractivity contribution in [2.45, 2.75) is 34.1 Å². The lowest BCUT2D eigenvalue weighted by Gasteiger charge is -2.29. The van der Waals surface area contributed by atoms with Crippen molar-refractivity contribution in [2.75, 3.05) is 7.11 Å². The molecule has 2 heteroatoms. The van der Waals surface area contributed by atoms with E-state index in [2.05, 4.69) is 0 Å². The molecule has 0 radical (unpaired) electrons. The Bertz CT molecular complexity index is 281. The van der Waals surface area contributed by atoms with E-state index in [9.17, 15) is 4.39 Å². The molecule has 0 aromatic rings. The van der Waals surface area contributed by atoms with Gasteiger partial charge in [-0.15, -0.1) is 0 Å². The van der Waals surface area contributed by atoms with Gasteiger partial charge in [0.05, 0.1) is 7.11 Å². The van der Waals surface area contributed by atoms with Crippen molar-refractivity contribution >= 4 is 0 Å². The predicted octanol–water partition coefficient (Wildman–Crippen LogP) is 3.83. The summed E-state index contributed by atoms with van der Waals surface area (Å²) in [5.74, 6) is 0.911. The van der Waals surface area contributed by atoms with Crippen LogP contribution in [0.5, 0.6) is 0 Å². The molecule has 0 aromatic heterocycles. The van der Waals surface area contributed by atoms with Crippen LogP contribution in [0.25, 0.3) is 0 Å². The normalized spacial score (nSPS) is 23.6. The maximum Gasteiger partial charge on any atom is 0.121 e. The highest BCUT2D eigenvalue weighted by atomic mass is 19.1. The monoisotopic (exact) mass is 198 g/mol. The Balaban J connectivity index is 3.13. The Labute approximate surface area is 85.6 Å². The van der Waals surface area contributed by atoms with E-state index in [1.165, 1.54) is 0 Å². The van der Waals surface area contributed by atoms with Crippen LogP contribution >= 0.6 is 0 Å². The minimum Gasteiger partial charge on any atom is -0.497 e. The van der Waals surface area contributed by atoms with Crippen LogP contribution in [0.2, 0.25) is 0 Å². The zero-order chi connectivity index (χ0) is 10.9. The summed E-state index contributed by atoms with van der Waals surface area (Å²) in [7, 11) is 1.60. The molecule has 0 aliphatic heterocycles. The third-order valence-electron chi connectivity index (χ3n) is 2.42. The number of hydrogen-bond donors (Lipinski definition) is 0. The van der Waals surface area contributed by atoms with Crippen LogP contribution in [0.4, 0.5) is 4.39 Å². The molecule has 0 heterocycles. The fraction of sp³-hybridized carbons (Fsp3) is 0.667. The van der Waals surface area contributed by atoms with Crippen LogP contribution < -0.4 is 0 Å². The molecule has 1 nitrogen and oxygen atoms in total. The Morgan fingerprint density at radius 1 is 1.43 bits per heavy atom. The lowest BCUT2D eigenvalue weighted by Crippen LogP contribution is -2.18. The lowest BCUT2D eigenvalue weighted by atomic mass is 9.80. The molecule has 1 rings (SSSR count). The van der Waals surface area contributed by atoms with Gasteiger partial charge in [-0.25, -0.2) is 4.39 Å². The van der Waals surface area contributed by atoms with Gasteiger partial charge in [0.15, 0.2) is 0 Å². The molecule has 0 fully saturated rings. The van der Waals surface area contributed by atoms with Crippen LogP contribution in [-0.4, -0.2) is 7.11 Å². The van der Waals surface area contributed by atoms with Crippen LogP contribution in [0.15, 0.2) is 23.2 Å². The van der Waals surface area contributed by atoms with Crippen molar-refractivity contribution in [2.24, 2.45) is 11.3 Å². The number of allylic oxidation sites excluding steroid dienone is 3. The van der Waals surface area contributed by atoms with Crippen LogP contribution in [-0.2, 0) is 4.74 Å². The average Bonchev–Trinajstić information content (AvgIpc) is 1.99. The maximum absolute atomic E-state index is 13.8. The van der Waals surface area contributed by atoms with Gasteiger partial charge < -0.3 is 4.74 Å². The molecule has 0 amide bonds. The van der Waals surface area contributed by atoms with Crippen molar-refractivity contribution in [3.05, 3.63) is 23.2 Å². The highest BCUT2D eigenvalue weighted by Gasteiger charge is 2.29. The van der Waals surface area contributed by atoms with E-state index < -0.39 is 0 Å². The maximum atomic E-state index is 13.8. The molecule has 1 atom stereocenters. The number of ether oxygens (including phenoxy) is 1. The summed E-state index contributed by atoms with van der Waals surface area (Å²) in [6.07, 6.45) is 2.50. The first-order valence-electron chi connectivity index (χ1n) is 5.01. The Morgan fingerprint density at radius 2 is 2.00 bits per heavy atom. The molecule has 1 unspecified atom stereocenters. The average molecular weight is 198 g/mol. The molecule has 1 aliphatic carbocycles. The second kappa shape index (κ2) is 3.76. The van der Waals surface area contributed by atoms with E-state index in [0.717, 1.165) is 5.57 Å². The quantitative estimate of drug-likeness (QED) is 0.622. The summed E-state index contributed by atoms with van der Waals surface area (Å²) in [6.45, 7) is 8.01. The van der Waals surface area contributed by atoms with Crippen molar-refractivity contribution < 1.29 is 9.13 Å². The summed E-state index contributed by atoms with van der Waals surface area (Å²) < 4.78 is 19.0. The van der Waals surface area contributed by atoms with Gasteiger partial charge in [0, 0.05) is 12.0 Å². The van der Waals surface area contributed by atoms with Gasteiger partial charge in [0.1, 0.15) is 11.6 Å². The lowest BCUT2D eigenvalue weighted by molar-refractivity contribution is 0.265. The highest BCUT2D eigenvalue weighted by Crippen LogP contribution is 2.40. The predicted molar refractivity (Wildman–Crippen MR) is 56.5 cm³/mol. The first-order valence-corrected chi connectivity index (χ1v) is 5.01. The largest absolute Gasteiger partial charge is 0.497 e. The number of hydrogen-bond acceptors (Lipinski definition) is 1. The molecular weight excluding hydrogens is 179 g/mol. The van der Waals surface area contributed by atoms with Gasteiger partial charge in [0.2, 0.25) is 0 Å². The van der Waals surface area contributed by atoms with Crippen LogP contribution in [0.3, 0.4) is 0 Å². The second-order valence-corrected chi connectivity index (χ2v) is 4.95. The molecule has 0 spiro atoms. The standard InChI is InChI=1S/C12H19FO/c1-8-6-9(13)11(12(2,3)4)10(7-8)14-5/h7-8H,6H2,1-5H3. The molecular formula is C12H19FO. The smallest absolute Gasteiger partial charge is 0.121 e.